The van der Waals surface area contributed by atoms with E-state index in [-0.39, 0.29) is 11.9 Å². The number of carbonyl (C=O) groups is 1. The van der Waals surface area contributed by atoms with Crippen LogP contribution in [0.3, 0.4) is 0 Å². The van der Waals surface area contributed by atoms with Crippen molar-refractivity contribution in [1.82, 2.24) is 24.6 Å². The van der Waals surface area contributed by atoms with E-state index in [1.54, 1.807) is 12.4 Å². The third-order valence-corrected chi connectivity index (χ3v) is 5.54. The summed E-state index contributed by atoms with van der Waals surface area (Å²) >= 11 is 0. The molecule has 0 unspecified atom stereocenters. The van der Waals surface area contributed by atoms with E-state index >= 15 is 0 Å². The maximum atomic E-state index is 13.1. The molecule has 0 N–H and O–H groups in total. The Kier molecular flexibility index (Phi) is 4.27. The highest BCUT2D eigenvalue weighted by Gasteiger charge is 2.31. The molecule has 0 saturated heterocycles. The number of amides is 1. The largest absolute Gasteiger partial charge is 0.328 e. The monoisotopic (exact) mass is 339 g/mol. The molecule has 0 atom stereocenters. The van der Waals surface area contributed by atoms with Crippen LogP contribution in [0, 0.1) is 6.92 Å². The van der Waals surface area contributed by atoms with Crippen molar-refractivity contribution in [3.05, 3.63) is 40.7 Å². The lowest BCUT2D eigenvalue weighted by Crippen LogP contribution is -2.39. The zero-order chi connectivity index (χ0) is 17.4. The Hall–Kier alpha value is -2.24. The number of carbonyl (C=O) groups excluding carboxylic acids is 1. The fourth-order valence-electron chi connectivity index (χ4n) is 4.22. The molecular formula is C19H25N5O. The van der Waals surface area contributed by atoms with Gasteiger partial charge in [0.1, 0.15) is 5.69 Å². The summed E-state index contributed by atoms with van der Waals surface area (Å²) < 4.78 is 2.00. The lowest BCUT2D eigenvalue weighted by Gasteiger charge is -2.28. The molecule has 6 nitrogen and oxygen atoms in total. The van der Waals surface area contributed by atoms with E-state index in [9.17, 15) is 4.79 Å². The van der Waals surface area contributed by atoms with Gasteiger partial charge in [-0.05, 0) is 44.6 Å². The van der Waals surface area contributed by atoms with Gasteiger partial charge in [-0.25, -0.2) is 4.98 Å². The van der Waals surface area contributed by atoms with Crippen LogP contribution in [0.1, 0.15) is 65.2 Å². The predicted molar refractivity (Wildman–Crippen MR) is 94.1 cm³/mol. The van der Waals surface area contributed by atoms with Gasteiger partial charge in [0.2, 0.25) is 0 Å². The lowest BCUT2D eigenvalue weighted by molar-refractivity contribution is 0.0654. The first kappa shape index (κ1) is 16.2. The number of hydrogen-bond acceptors (Lipinski definition) is 4. The van der Waals surface area contributed by atoms with Crippen molar-refractivity contribution in [1.29, 1.82) is 0 Å². The summed E-state index contributed by atoms with van der Waals surface area (Å²) in [6.07, 6.45) is 11.1. The Morgan fingerprint density at radius 1 is 1.20 bits per heavy atom. The van der Waals surface area contributed by atoms with Gasteiger partial charge < -0.3 is 4.90 Å². The van der Waals surface area contributed by atoms with Gasteiger partial charge in [-0.3, -0.25) is 14.5 Å². The number of aryl methyl sites for hydroxylation is 2. The molecule has 0 radical (unpaired) electrons. The van der Waals surface area contributed by atoms with E-state index in [4.69, 9.17) is 5.10 Å². The molecule has 1 amide bonds. The summed E-state index contributed by atoms with van der Waals surface area (Å²) in [4.78, 5) is 23.7. The molecule has 0 aliphatic heterocycles. The smallest absolute Gasteiger partial charge is 0.274 e. The number of rotatable bonds is 4. The molecule has 2 heterocycles. The van der Waals surface area contributed by atoms with E-state index < -0.39 is 0 Å². The SMILES string of the molecule is Cc1cnc(C(=O)N(Cc2nn(C)c3c2CCC3)C2CCCC2)cn1. The fourth-order valence-corrected chi connectivity index (χ4v) is 4.22. The second-order valence-corrected chi connectivity index (χ2v) is 7.26. The van der Waals surface area contributed by atoms with E-state index in [1.807, 2.05) is 23.6 Å². The zero-order valence-corrected chi connectivity index (χ0v) is 15.0. The highest BCUT2D eigenvalue weighted by atomic mass is 16.2. The summed E-state index contributed by atoms with van der Waals surface area (Å²) in [7, 11) is 2.01. The molecule has 0 spiro atoms. The number of fused-ring (bicyclic) bond motifs is 1. The first-order chi connectivity index (χ1) is 12.1. The Morgan fingerprint density at radius 2 is 2.00 bits per heavy atom. The molecule has 2 aliphatic rings. The lowest BCUT2D eigenvalue weighted by atomic mass is 10.1. The maximum Gasteiger partial charge on any atom is 0.274 e. The normalized spacial score (nSPS) is 17.0. The Morgan fingerprint density at radius 3 is 2.72 bits per heavy atom. The fraction of sp³-hybridized carbons (Fsp3) is 0.579. The third kappa shape index (κ3) is 3.05. The van der Waals surface area contributed by atoms with Crippen molar-refractivity contribution >= 4 is 5.91 Å². The van der Waals surface area contributed by atoms with Crippen LogP contribution in [-0.2, 0) is 26.4 Å². The molecule has 4 rings (SSSR count). The minimum absolute atomic E-state index is 0.0169. The van der Waals surface area contributed by atoms with Crippen molar-refractivity contribution in [3.63, 3.8) is 0 Å². The minimum Gasteiger partial charge on any atom is -0.328 e. The summed E-state index contributed by atoms with van der Waals surface area (Å²) in [5, 5.41) is 4.72. The van der Waals surface area contributed by atoms with Crippen LogP contribution in [0.2, 0.25) is 0 Å². The molecule has 0 aromatic carbocycles. The van der Waals surface area contributed by atoms with Crippen LogP contribution in [0.25, 0.3) is 0 Å². The molecule has 2 aromatic rings. The topological polar surface area (TPSA) is 63.9 Å². The van der Waals surface area contributed by atoms with Crippen molar-refractivity contribution < 1.29 is 4.79 Å². The second kappa shape index (κ2) is 6.58. The van der Waals surface area contributed by atoms with Gasteiger partial charge in [0.15, 0.2) is 0 Å². The summed E-state index contributed by atoms with van der Waals surface area (Å²) in [5.41, 5.74) is 5.02. The van der Waals surface area contributed by atoms with Crippen LogP contribution in [0.4, 0.5) is 0 Å². The highest BCUT2D eigenvalue weighted by Crippen LogP contribution is 2.29. The molecular weight excluding hydrogens is 314 g/mol. The standard InChI is InChI=1S/C19H25N5O/c1-13-10-21-16(11-20-13)19(25)24(14-6-3-4-7-14)12-17-15-8-5-9-18(15)23(2)22-17/h10-11,14H,3-9,12H2,1-2H3. The van der Waals surface area contributed by atoms with Gasteiger partial charge in [-0.15, -0.1) is 0 Å². The molecule has 25 heavy (non-hydrogen) atoms. The molecule has 0 bridgehead atoms. The Labute approximate surface area is 148 Å². The first-order valence-corrected chi connectivity index (χ1v) is 9.26. The van der Waals surface area contributed by atoms with Crippen LogP contribution in [0.5, 0.6) is 0 Å². The molecule has 2 aromatic heterocycles. The average Bonchev–Trinajstić information content (AvgIpc) is 3.33. The van der Waals surface area contributed by atoms with Crippen LogP contribution < -0.4 is 0 Å². The second-order valence-electron chi connectivity index (χ2n) is 7.26. The average molecular weight is 339 g/mol. The van der Waals surface area contributed by atoms with Gasteiger partial charge in [0.25, 0.3) is 5.91 Å². The van der Waals surface area contributed by atoms with Crippen LogP contribution >= 0.6 is 0 Å². The zero-order valence-electron chi connectivity index (χ0n) is 15.0. The Balaban J connectivity index is 1.63. The van der Waals surface area contributed by atoms with Crippen molar-refractivity contribution in [3.8, 4) is 0 Å². The van der Waals surface area contributed by atoms with E-state index in [1.165, 1.54) is 30.5 Å². The predicted octanol–water partition coefficient (Wildman–Crippen LogP) is 2.59. The van der Waals surface area contributed by atoms with Crippen LogP contribution in [-0.4, -0.2) is 36.6 Å². The number of nitrogens with zero attached hydrogens (tertiary/aromatic N) is 5. The molecule has 132 valence electrons. The number of hydrogen-bond donors (Lipinski definition) is 0. The van der Waals surface area contributed by atoms with Gasteiger partial charge in [-0.2, -0.15) is 5.10 Å². The summed E-state index contributed by atoms with van der Waals surface area (Å²) in [6, 6.07) is 0.287. The molecule has 1 fully saturated rings. The van der Waals surface area contributed by atoms with Gasteiger partial charge in [-0.1, -0.05) is 12.8 Å². The quantitative estimate of drug-likeness (QED) is 0.859. The van der Waals surface area contributed by atoms with E-state index in [0.717, 1.165) is 37.1 Å². The van der Waals surface area contributed by atoms with Crippen molar-refractivity contribution in [2.45, 2.75) is 64.5 Å². The van der Waals surface area contributed by atoms with Crippen molar-refractivity contribution in [2.75, 3.05) is 0 Å². The number of aromatic nitrogens is 4. The molecule has 6 heteroatoms. The van der Waals surface area contributed by atoms with Gasteiger partial charge in [0.05, 0.1) is 24.1 Å². The highest BCUT2D eigenvalue weighted by molar-refractivity contribution is 5.92. The van der Waals surface area contributed by atoms with E-state index in [0.29, 0.717) is 12.2 Å². The summed E-state index contributed by atoms with van der Waals surface area (Å²) in [6.45, 7) is 2.47. The first-order valence-electron chi connectivity index (χ1n) is 9.26. The molecule has 1 saturated carbocycles. The third-order valence-electron chi connectivity index (χ3n) is 5.54. The van der Waals surface area contributed by atoms with Crippen molar-refractivity contribution in [2.24, 2.45) is 7.05 Å². The summed E-state index contributed by atoms with van der Waals surface area (Å²) in [5.74, 6) is -0.0169. The van der Waals surface area contributed by atoms with Gasteiger partial charge >= 0.3 is 0 Å². The van der Waals surface area contributed by atoms with E-state index in [2.05, 4.69) is 9.97 Å². The molecule has 2 aliphatic carbocycles. The van der Waals surface area contributed by atoms with Crippen LogP contribution in [0.15, 0.2) is 12.4 Å². The van der Waals surface area contributed by atoms with Gasteiger partial charge in [0, 0.05) is 25.0 Å². The Bertz CT molecular complexity index is 774. The maximum absolute atomic E-state index is 13.1. The minimum atomic E-state index is -0.0169.